The average Bonchev–Trinajstić information content (AvgIpc) is 1.81. The van der Waals surface area contributed by atoms with Crippen LogP contribution >= 0.6 is 0 Å². The van der Waals surface area contributed by atoms with E-state index in [0.717, 1.165) is 12.8 Å². The van der Waals surface area contributed by atoms with Gasteiger partial charge in [-0.3, -0.25) is 0 Å². The Kier molecular flexibility index (Phi) is 3.59. The lowest BCUT2D eigenvalue weighted by atomic mass is 9.67. The molecule has 80 valence electrons. The molecule has 0 rings (SSSR count). The van der Waals surface area contributed by atoms with Crippen molar-refractivity contribution in [1.82, 2.24) is 0 Å². The molecule has 1 nitrogen and oxygen atoms in total. The van der Waals surface area contributed by atoms with Crippen LogP contribution in [-0.2, 0) is 0 Å². The van der Waals surface area contributed by atoms with Crippen LogP contribution in [-0.4, -0.2) is 10.7 Å². The van der Waals surface area contributed by atoms with Gasteiger partial charge in [0.1, 0.15) is 0 Å². The lowest BCUT2D eigenvalue weighted by molar-refractivity contribution is -0.0876. The van der Waals surface area contributed by atoms with Crippen molar-refractivity contribution < 1.29 is 5.11 Å². The fraction of sp³-hybridized carbons (Fsp3) is 1.00. The van der Waals surface area contributed by atoms with Gasteiger partial charge in [-0.1, -0.05) is 48.5 Å². The van der Waals surface area contributed by atoms with E-state index in [1.807, 2.05) is 0 Å². The number of hydrogen-bond acceptors (Lipinski definition) is 1. The molecule has 0 amide bonds. The maximum absolute atomic E-state index is 10.5. The van der Waals surface area contributed by atoms with Gasteiger partial charge in [-0.25, -0.2) is 0 Å². The van der Waals surface area contributed by atoms with Crippen molar-refractivity contribution in [2.24, 2.45) is 10.8 Å². The monoisotopic (exact) mass is 186 g/mol. The summed E-state index contributed by atoms with van der Waals surface area (Å²) in [6.07, 6.45) is 1.69. The second-order valence-corrected chi connectivity index (χ2v) is 6.37. The highest BCUT2D eigenvalue weighted by Gasteiger charge is 2.40. The zero-order chi connectivity index (χ0) is 10.9. The van der Waals surface area contributed by atoms with E-state index in [0.29, 0.717) is 0 Å². The first-order valence-corrected chi connectivity index (χ1v) is 5.24. The van der Waals surface area contributed by atoms with Crippen LogP contribution in [0.4, 0.5) is 0 Å². The molecule has 0 aliphatic heterocycles. The minimum atomic E-state index is -0.536. The minimum absolute atomic E-state index is 0.0327. The average molecular weight is 186 g/mol. The molecule has 0 aliphatic carbocycles. The van der Waals surface area contributed by atoms with Gasteiger partial charge in [0.25, 0.3) is 0 Å². The van der Waals surface area contributed by atoms with Crippen LogP contribution in [0.3, 0.4) is 0 Å². The van der Waals surface area contributed by atoms with Gasteiger partial charge in [0.05, 0.1) is 5.60 Å². The Morgan fingerprint density at radius 3 is 1.38 bits per heavy atom. The summed E-state index contributed by atoms with van der Waals surface area (Å²) in [4.78, 5) is 0. The Labute approximate surface area is 83.5 Å². The quantitative estimate of drug-likeness (QED) is 0.698. The van der Waals surface area contributed by atoms with E-state index < -0.39 is 5.60 Å². The zero-order valence-corrected chi connectivity index (χ0v) is 10.4. The van der Waals surface area contributed by atoms with E-state index in [9.17, 15) is 5.11 Å². The van der Waals surface area contributed by atoms with E-state index in [1.165, 1.54) is 0 Å². The molecule has 0 aliphatic rings. The van der Waals surface area contributed by atoms with Crippen molar-refractivity contribution >= 4 is 0 Å². The van der Waals surface area contributed by atoms with Crippen molar-refractivity contribution in [2.75, 3.05) is 0 Å². The zero-order valence-electron chi connectivity index (χ0n) is 10.4. The summed E-state index contributed by atoms with van der Waals surface area (Å²) < 4.78 is 0. The van der Waals surface area contributed by atoms with Crippen molar-refractivity contribution in [2.45, 2.75) is 66.9 Å². The molecule has 0 bridgehead atoms. The first-order chi connectivity index (χ1) is 5.52. The predicted molar refractivity (Wildman–Crippen MR) is 58.8 cm³/mol. The Hall–Kier alpha value is -0.0400. The first-order valence-electron chi connectivity index (χ1n) is 5.24. The standard InChI is InChI=1S/C12H26O/c1-8-12(13,11(5,6)7)9-10(2,3)4/h13H,8-9H2,1-7H3. The van der Waals surface area contributed by atoms with Gasteiger partial charge in [-0.05, 0) is 23.7 Å². The SMILES string of the molecule is CCC(O)(CC(C)(C)C)C(C)(C)C. The number of hydrogen-bond donors (Lipinski definition) is 1. The van der Waals surface area contributed by atoms with Crippen molar-refractivity contribution in [3.05, 3.63) is 0 Å². The highest BCUT2D eigenvalue weighted by Crippen LogP contribution is 2.41. The molecule has 0 saturated carbocycles. The summed E-state index contributed by atoms with van der Waals surface area (Å²) in [7, 11) is 0. The van der Waals surface area contributed by atoms with Gasteiger partial charge < -0.3 is 5.11 Å². The third-order valence-electron chi connectivity index (χ3n) is 2.80. The predicted octanol–water partition coefficient (Wildman–Crippen LogP) is 3.61. The van der Waals surface area contributed by atoms with E-state index in [1.54, 1.807) is 0 Å². The topological polar surface area (TPSA) is 20.2 Å². The van der Waals surface area contributed by atoms with Crippen LogP contribution in [0.5, 0.6) is 0 Å². The summed E-state index contributed by atoms with van der Waals surface area (Å²) in [6.45, 7) is 14.9. The Balaban J connectivity index is 4.67. The van der Waals surface area contributed by atoms with Crippen LogP contribution in [0, 0.1) is 10.8 Å². The summed E-state index contributed by atoms with van der Waals surface area (Å²) in [6, 6.07) is 0. The molecule has 1 atom stereocenters. The molecule has 0 aromatic heterocycles. The third-order valence-corrected chi connectivity index (χ3v) is 2.80. The molecule has 0 radical (unpaired) electrons. The summed E-state index contributed by atoms with van der Waals surface area (Å²) in [5.41, 5.74) is -0.377. The minimum Gasteiger partial charge on any atom is -0.389 e. The summed E-state index contributed by atoms with van der Waals surface area (Å²) >= 11 is 0. The maximum atomic E-state index is 10.5. The van der Waals surface area contributed by atoms with E-state index in [4.69, 9.17) is 0 Å². The van der Waals surface area contributed by atoms with Crippen LogP contribution < -0.4 is 0 Å². The van der Waals surface area contributed by atoms with Crippen molar-refractivity contribution in [1.29, 1.82) is 0 Å². The molecular weight excluding hydrogens is 160 g/mol. The molecule has 0 spiro atoms. The highest BCUT2D eigenvalue weighted by atomic mass is 16.3. The first kappa shape index (κ1) is 13.0. The van der Waals surface area contributed by atoms with Crippen LogP contribution in [0.15, 0.2) is 0 Å². The fourth-order valence-corrected chi connectivity index (χ4v) is 1.80. The molecule has 0 aromatic carbocycles. The van der Waals surface area contributed by atoms with Crippen molar-refractivity contribution in [3.63, 3.8) is 0 Å². The molecular formula is C12H26O. The lowest BCUT2D eigenvalue weighted by Crippen LogP contribution is -2.45. The number of rotatable bonds is 2. The molecule has 1 N–H and O–H groups in total. The van der Waals surface area contributed by atoms with Crippen molar-refractivity contribution in [3.8, 4) is 0 Å². The molecule has 0 saturated heterocycles. The third kappa shape index (κ3) is 3.68. The smallest absolute Gasteiger partial charge is 0.0698 e. The summed E-state index contributed by atoms with van der Waals surface area (Å²) in [5.74, 6) is 0. The molecule has 1 heteroatoms. The molecule has 0 aromatic rings. The van der Waals surface area contributed by atoms with E-state index >= 15 is 0 Å². The van der Waals surface area contributed by atoms with E-state index in [2.05, 4.69) is 48.5 Å². The lowest BCUT2D eigenvalue weighted by Gasteiger charge is -2.43. The van der Waals surface area contributed by atoms with Gasteiger partial charge >= 0.3 is 0 Å². The van der Waals surface area contributed by atoms with Crippen LogP contribution in [0.1, 0.15) is 61.3 Å². The normalized spacial score (nSPS) is 18.5. The van der Waals surface area contributed by atoms with E-state index in [-0.39, 0.29) is 10.8 Å². The van der Waals surface area contributed by atoms with Gasteiger partial charge in [0.2, 0.25) is 0 Å². The maximum Gasteiger partial charge on any atom is 0.0698 e. The largest absolute Gasteiger partial charge is 0.389 e. The fourth-order valence-electron chi connectivity index (χ4n) is 1.80. The Morgan fingerprint density at radius 2 is 1.31 bits per heavy atom. The number of aliphatic hydroxyl groups is 1. The van der Waals surface area contributed by atoms with Gasteiger partial charge in [-0.15, -0.1) is 0 Å². The van der Waals surface area contributed by atoms with Crippen LogP contribution in [0.25, 0.3) is 0 Å². The molecule has 0 heterocycles. The summed E-state index contributed by atoms with van der Waals surface area (Å²) in [5, 5.41) is 10.5. The Bertz CT molecular complexity index is 159. The van der Waals surface area contributed by atoms with Gasteiger partial charge in [0, 0.05) is 0 Å². The van der Waals surface area contributed by atoms with Gasteiger partial charge in [0.15, 0.2) is 0 Å². The second-order valence-electron chi connectivity index (χ2n) is 6.37. The molecule has 13 heavy (non-hydrogen) atoms. The van der Waals surface area contributed by atoms with Gasteiger partial charge in [-0.2, -0.15) is 0 Å². The Morgan fingerprint density at radius 1 is 0.923 bits per heavy atom. The highest BCUT2D eigenvalue weighted by molar-refractivity contribution is 4.92. The molecule has 0 fully saturated rings. The second kappa shape index (κ2) is 3.61. The van der Waals surface area contributed by atoms with Crippen LogP contribution in [0.2, 0.25) is 0 Å². The molecule has 1 unspecified atom stereocenters.